The van der Waals surface area contributed by atoms with E-state index in [9.17, 15) is 24.0 Å². The zero-order chi connectivity index (χ0) is 25.4. The van der Waals surface area contributed by atoms with Gasteiger partial charge in [0.2, 0.25) is 0 Å². The molecule has 180 valence electrons. The van der Waals surface area contributed by atoms with Gasteiger partial charge in [-0.05, 0) is 61.5 Å². The standard InChI is InChI=1S/C27H20N2O7/c1-2-35-18-10-8-17(9-11-18)29-25(32)21-12-7-16(15-22(21)26(29)33)27(34)36-14-13-28-23(30)19-5-3-4-6-20(19)24(28)31/h3-12,15H,2,13-14H2,1H3. The highest BCUT2D eigenvalue weighted by molar-refractivity contribution is 6.34. The molecule has 4 amide bonds. The van der Waals surface area contributed by atoms with E-state index in [2.05, 4.69) is 0 Å². The van der Waals surface area contributed by atoms with Gasteiger partial charge in [-0.3, -0.25) is 24.1 Å². The van der Waals surface area contributed by atoms with Gasteiger partial charge in [0.25, 0.3) is 23.6 Å². The lowest BCUT2D eigenvalue weighted by molar-refractivity contribution is 0.0420. The first kappa shape index (κ1) is 23.0. The highest BCUT2D eigenvalue weighted by atomic mass is 16.5. The summed E-state index contributed by atoms with van der Waals surface area (Å²) < 4.78 is 10.6. The fourth-order valence-electron chi connectivity index (χ4n) is 4.22. The zero-order valence-corrected chi connectivity index (χ0v) is 19.2. The van der Waals surface area contributed by atoms with E-state index in [0.717, 1.165) is 9.80 Å². The minimum absolute atomic E-state index is 0.0748. The van der Waals surface area contributed by atoms with Gasteiger partial charge in [0.1, 0.15) is 12.4 Å². The molecule has 9 nitrogen and oxygen atoms in total. The van der Waals surface area contributed by atoms with Crippen LogP contribution in [0, 0.1) is 0 Å². The number of nitrogens with zero attached hydrogens (tertiary/aromatic N) is 2. The summed E-state index contributed by atoms with van der Waals surface area (Å²) in [5.41, 5.74) is 1.35. The van der Waals surface area contributed by atoms with Crippen molar-refractivity contribution in [2.75, 3.05) is 24.7 Å². The SMILES string of the molecule is CCOc1ccc(N2C(=O)c3ccc(C(=O)OCCN4C(=O)c5ccccc5C4=O)cc3C2=O)cc1. The predicted molar refractivity (Wildman–Crippen MR) is 127 cm³/mol. The number of rotatable bonds is 7. The van der Waals surface area contributed by atoms with Crippen molar-refractivity contribution in [2.45, 2.75) is 6.92 Å². The number of hydrogen-bond acceptors (Lipinski definition) is 7. The summed E-state index contributed by atoms with van der Waals surface area (Å²) in [6.45, 7) is 2.02. The largest absolute Gasteiger partial charge is 0.494 e. The van der Waals surface area contributed by atoms with Crippen molar-refractivity contribution < 1.29 is 33.4 Å². The van der Waals surface area contributed by atoms with Crippen molar-refractivity contribution in [3.05, 3.63) is 94.5 Å². The fraction of sp³-hybridized carbons (Fsp3) is 0.148. The van der Waals surface area contributed by atoms with Crippen LogP contribution in [0.2, 0.25) is 0 Å². The van der Waals surface area contributed by atoms with Crippen LogP contribution in [-0.2, 0) is 4.74 Å². The molecule has 36 heavy (non-hydrogen) atoms. The van der Waals surface area contributed by atoms with E-state index in [0.29, 0.717) is 29.2 Å². The van der Waals surface area contributed by atoms with Crippen LogP contribution in [0.25, 0.3) is 0 Å². The van der Waals surface area contributed by atoms with Gasteiger partial charge in [-0.1, -0.05) is 12.1 Å². The normalized spacial score (nSPS) is 14.2. The Kier molecular flexibility index (Phi) is 5.81. The van der Waals surface area contributed by atoms with Crippen LogP contribution in [0.4, 0.5) is 5.69 Å². The highest BCUT2D eigenvalue weighted by Gasteiger charge is 2.38. The topological polar surface area (TPSA) is 110 Å². The van der Waals surface area contributed by atoms with E-state index >= 15 is 0 Å². The third kappa shape index (κ3) is 3.80. The van der Waals surface area contributed by atoms with Gasteiger partial charge in [0.15, 0.2) is 0 Å². The van der Waals surface area contributed by atoms with Crippen molar-refractivity contribution in [3.8, 4) is 5.75 Å². The van der Waals surface area contributed by atoms with Gasteiger partial charge in [-0.2, -0.15) is 0 Å². The molecule has 2 aliphatic rings. The minimum atomic E-state index is -0.742. The molecule has 3 aromatic carbocycles. The van der Waals surface area contributed by atoms with Gasteiger partial charge >= 0.3 is 5.97 Å². The first-order chi connectivity index (χ1) is 17.4. The second-order valence-electron chi connectivity index (χ2n) is 8.08. The number of hydrogen-bond donors (Lipinski definition) is 0. The van der Waals surface area contributed by atoms with Crippen molar-refractivity contribution in [1.29, 1.82) is 0 Å². The Balaban J connectivity index is 1.25. The van der Waals surface area contributed by atoms with Gasteiger partial charge in [-0.15, -0.1) is 0 Å². The molecule has 5 rings (SSSR count). The summed E-state index contributed by atoms with van der Waals surface area (Å²) in [5.74, 6) is -2.06. The van der Waals surface area contributed by atoms with Crippen molar-refractivity contribution in [3.63, 3.8) is 0 Å². The summed E-state index contributed by atoms with van der Waals surface area (Å²) in [5, 5.41) is 0. The Morgan fingerprint density at radius 3 is 2.00 bits per heavy atom. The van der Waals surface area contributed by atoms with E-state index in [1.54, 1.807) is 48.5 Å². The van der Waals surface area contributed by atoms with E-state index in [1.807, 2.05) is 6.92 Å². The fourth-order valence-corrected chi connectivity index (χ4v) is 4.22. The molecule has 0 fully saturated rings. The first-order valence-corrected chi connectivity index (χ1v) is 11.3. The van der Waals surface area contributed by atoms with Crippen LogP contribution in [0.1, 0.15) is 58.7 Å². The Labute approximate surface area is 205 Å². The van der Waals surface area contributed by atoms with Crippen molar-refractivity contribution in [2.24, 2.45) is 0 Å². The summed E-state index contributed by atoms with van der Waals surface area (Å²) in [6, 6.07) is 17.2. The molecule has 0 aromatic heterocycles. The number of amides is 4. The van der Waals surface area contributed by atoms with Crippen LogP contribution in [0.3, 0.4) is 0 Å². The van der Waals surface area contributed by atoms with Gasteiger partial charge in [0, 0.05) is 0 Å². The van der Waals surface area contributed by atoms with E-state index in [4.69, 9.17) is 9.47 Å². The molecule has 0 unspecified atom stereocenters. The number of ether oxygens (including phenoxy) is 2. The lowest BCUT2D eigenvalue weighted by Gasteiger charge is -2.14. The van der Waals surface area contributed by atoms with Crippen LogP contribution < -0.4 is 9.64 Å². The maximum absolute atomic E-state index is 13.0. The molecule has 0 saturated carbocycles. The molecule has 3 aromatic rings. The average Bonchev–Trinajstić information content (AvgIpc) is 3.29. The van der Waals surface area contributed by atoms with Crippen LogP contribution in [0.15, 0.2) is 66.7 Å². The van der Waals surface area contributed by atoms with Gasteiger partial charge in [-0.25, -0.2) is 9.69 Å². The molecule has 0 spiro atoms. The lowest BCUT2D eigenvalue weighted by Crippen LogP contribution is -2.33. The molecule has 0 N–H and O–H groups in total. The average molecular weight is 484 g/mol. The summed E-state index contributed by atoms with van der Waals surface area (Å²) in [4.78, 5) is 65.4. The summed E-state index contributed by atoms with van der Waals surface area (Å²) >= 11 is 0. The quantitative estimate of drug-likeness (QED) is 0.374. The van der Waals surface area contributed by atoms with Crippen molar-refractivity contribution in [1.82, 2.24) is 4.90 Å². The van der Waals surface area contributed by atoms with Crippen molar-refractivity contribution >= 4 is 35.3 Å². The number of benzene rings is 3. The maximum atomic E-state index is 13.0. The van der Waals surface area contributed by atoms with Gasteiger partial charge in [0.05, 0.1) is 46.7 Å². The maximum Gasteiger partial charge on any atom is 0.338 e. The molecule has 2 aliphatic heterocycles. The second-order valence-corrected chi connectivity index (χ2v) is 8.08. The number of carbonyl (C=O) groups is 5. The molecule has 0 bridgehead atoms. The summed E-state index contributed by atoms with van der Waals surface area (Å²) in [6.07, 6.45) is 0. The number of carbonyl (C=O) groups excluding carboxylic acids is 5. The van der Waals surface area contributed by atoms with Crippen LogP contribution in [-0.4, -0.2) is 54.3 Å². The second kappa shape index (κ2) is 9.10. The zero-order valence-electron chi connectivity index (χ0n) is 19.2. The smallest absolute Gasteiger partial charge is 0.338 e. The highest BCUT2D eigenvalue weighted by Crippen LogP contribution is 2.30. The number of anilines is 1. The van der Waals surface area contributed by atoms with E-state index in [1.165, 1.54) is 18.2 Å². The molecule has 9 heteroatoms. The predicted octanol–water partition coefficient (Wildman–Crippen LogP) is 3.34. The molecular weight excluding hydrogens is 464 g/mol. The van der Waals surface area contributed by atoms with E-state index in [-0.39, 0.29) is 29.8 Å². The van der Waals surface area contributed by atoms with Crippen LogP contribution >= 0.6 is 0 Å². The molecule has 0 atom stereocenters. The summed E-state index contributed by atoms with van der Waals surface area (Å²) in [7, 11) is 0. The van der Waals surface area contributed by atoms with Crippen LogP contribution in [0.5, 0.6) is 5.75 Å². The third-order valence-corrected chi connectivity index (χ3v) is 5.95. The van der Waals surface area contributed by atoms with Gasteiger partial charge < -0.3 is 9.47 Å². The monoisotopic (exact) mass is 484 g/mol. The Morgan fingerprint density at radius 1 is 0.750 bits per heavy atom. The molecule has 0 saturated heterocycles. The lowest BCUT2D eigenvalue weighted by atomic mass is 10.1. The third-order valence-electron chi connectivity index (χ3n) is 5.95. The number of esters is 1. The molecule has 2 heterocycles. The molecular formula is C27H20N2O7. The minimum Gasteiger partial charge on any atom is -0.494 e. The van der Waals surface area contributed by atoms with E-state index < -0.39 is 29.6 Å². The Hall–Kier alpha value is -4.79. The first-order valence-electron chi connectivity index (χ1n) is 11.3. The Morgan fingerprint density at radius 2 is 1.36 bits per heavy atom. The number of imide groups is 2. The molecule has 0 aliphatic carbocycles. The molecule has 0 radical (unpaired) electrons. The number of fused-ring (bicyclic) bond motifs is 2. The Bertz CT molecular complexity index is 1390.